The zero-order valence-electron chi connectivity index (χ0n) is 12.1. The summed E-state index contributed by atoms with van der Waals surface area (Å²) in [6, 6.07) is 3.64. The molecule has 1 fully saturated rings. The molecule has 114 valence electrons. The van der Waals surface area contributed by atoms with Gasteiger partial charge in [0.1, 0.15) is 11.5 Å². The van der Waals surface area contributed by atoms with E-state index in [0.29, 0.717) is 0 Å². The standard InChI is InChI=1S/C15H20FN3O2/c1-11(2)10-18-7-5-13(6-8-18)17-14-9-12(16)3-4-15(14)19(20)21/h3-4,9,13,17H,1,5-8,10H2,2H3. The smallest absolute Gasteiger partial charge is 0.292 e. The molecule has 0 aromatic heterocycles. The summed E-state index contributed by atoms with van der Waals surface area (Å²) in [6.07, 6.45) is 1.75. The summed E-state index contributed by atoms with van der Waals surface area (Å²) < 4.78 is 13.3. The van der Waals surface area contributed by atoms with Crippen LogP contribution < -0.4 is 5.32 Å². The van der Waals surface area contributed by atoms with Gasteiger partial charge in [-0.1, -0.05) is 12.2 Å². The quantitative estimate of drug-likeness (QED) is 0.514. The summed E-state index contributed by atoms with van der Waals surface area (Å²) in [5.41, 5.74) is 1.31. The maximum atomic E-state index is 13.3. The highest BCUT2D eigenvalue weighted by molar-refractivity contribution is 5.61. The third kappa shape index (κ3) is 4.26. The largest absolute Gasteiger partial charge is 0.377 e. The van der Waals surface area contributed by atoms with Crippen LogP contribution in [0.3, 0.4) is 0 Å². The van der Waals surface area contributed by atoms with Crippen molar-refractivity contribution in [2.45, 2.75) is 25.8 Å². The maximum Gasteiger partial charge on any atom is 0.292 e. The van der Waals surface area contributed by atoms with E-state index in [1.54, 1.807) is 0 Å². The summed E-state index contributed by atoms with van der Waals surface area (Å²) in [5.74, 6) is -0.470. The molecule has 21 heavy (non-hydrogen) atoms. The van der Waals surface area contributed by atoms with Crippen molar-refractivity contribution in [1.29, 1.82) is 0 Å². The van der Waals surface area contributed by atoms with Gasteiger partial charge in [-0.3, -0.25) is 15.0 Å². The molecule has 0 saturated carbocycles. The van der Waals surface area contributed by atoms with Gasteiger partial charge >= 0.3 is 0 Å². The van der Waals surface area contributed by atoms with E-state index in [2.05, 4.69) is 16.8 Å². The van der Waals surface area contributed by atoms with Gasteiger partial charge in [-0.05, 0) is 25.8 Å². The van der Waals surface area contributed by atoms with Crippen LogP contribution in [0.25, 0.3) is 0 Å². The minimum atomic E-state index is -0.488. The lowest BCUT2D eigenvalue weighted by Crippen LogP contribution is -2.39. The minimum Gasteiger partial charge on any atom is -0.377 e. The van der Waals surface area contributed by atoms with Crippen molar-refractivity contribution < 1.29 is 9.31 Å². The molecule has 2 rings (SSSR count). The molecule has 1 N–H and O–H groups in total. The van der Waals surface area contributed by atoms with Gasteiger partial charge in [-0.25, -0.2) is 4.39 Å². The van der Waals surface area contributed by atoms with Crippen molar-refractivity contribution in [3.63, 3.8) is 0 Å². The van der Waals surface area contributed by atoms with Crippen LogP contribution in [0, 0.1) is 15.9 Å². The number of halogens is 1. The van der Waals surface area contributed by atoms with Gasteiger partial charge < -0.3 is 5.32 Å². The molecule has 0 unspecified atom stereocenters. The van der Waals surface area contributed by atoms with Crippen LogP contribution in [-0.4, -0.2) is 35.5 Å². The number of rotatable bonds is 5. The Labute approximate surface area is 123 Å². The lowest BCUT2D eigenvalue weighted by Gasteiger charge is -2.32. The van der Waals surface area contributed by atoms with Crippen molar-refractivity contribution in [1.82, 2.24) is 4.90 Å². The topological polar surface area (TPSA) is 58.4 Å². The Morgan fingerprint density at radius 2 is 2.19 bits per heavy atom. The Hall–Kier alpha value is -1.95. The van der Waals surface area contributed by atoms with Crippen LogP contribution in [0.15, 0.2) is 30.4 Å². The number of hydrogen-bond acceptors (Lipinski definition) is 4. The highest BCUT2D eigenvalue weighted by Gasteiger charge is 2.22. The van der Waals surface area contributed by atoms with E-state index < -0.39 is 10.7 Å². The first-order valence-corrected chi connectivity index (χ1v) is 7.03. The average molecular weight is 293 g/mol. The number of piperidine rings is 1. The molecule has 5 nitrogen and oxygen atoms in total. The van der Waals surface area contributed by atoms with Crippen LogP contribution in [0.1, 0.15) is 19.8 Å². The number of likely N-dealkylation sites (tertiary alicyclic amines) is 1. The zero-order valence-corrected chi connectivity index (χ0v) is 12.1. The van der Waals surface area contributed by atoms with Gasteiger partial charge in [0.25, 0.3) is 5.69 Å². The minimum absolute atomic E-state index is 0.0826. The summed E-state index contributed by atoms with van der Waals surface area (Å²) in [4.78, 5) is 12.8. The monoisotopic (exact) mass is 293 g/mol. The number of hydrogen-bond donors (Lipinski definition) is 1. The molecule has 0 spiro atoms. The van der Waals surface area contributed by atoms with Gasteiger partial charge in [-0.15, -0.1) is 0 Å². The van der Waals surface area contributed by atoms with Crippen molar-refractivity contribution in [2.75, 3.05) is 25.0 Å². The molecular formula is C15H20FN3O2. The SMILES string of the molecule is C=C(C)CN1CCC(Nc2cc(F)ccc2[N+](=O)[O-])CC1. The summed E-state index contributed by atoms with van der Waals surface area (Å²) in [5, 5.41) is 14.1. The number of nitro benzene ring substituents is 1. The Balaban J connectivity index is 1.99. The third-order valence-corrected chi connectivity index (χ3v) is 3.60. The van der Waals surface area contributed by atoms with E-state index in [9.17, 15) is 14.5 Å². The molecule has 1 aromatic carbocycles. The van der Waals surface area contributed by atoms with E-state index in [1.165, 1.54) is 12.1 Å². The van der Waals surface area contributed by atoms with Crippen LogP contribution >= 0.6 is 0 Å². The molecule has 1 aliphatic rings. The molecule has 1 aromatic rings. The van der Waals surface area contributed by atoms with Crippen molar-refractivity contribution >= 4 is 11.4 Å². The first-order valence-electron chi connectivity index (χ1n) is 7.03. The Kier molecular flexibility index (Phi) is 4.90. The fourth-order valence-electron chi connectivity index (χ4n) is 2.62. The van der Waals surface area contributed by atoms with Gasteiger partial charge in [0, 0.05) is 37.8 Å². The van der Waals surface area contributed by atoms with Gasteiger partial charge in [0.15, 0.2) is 0 Å². The number of nitro groups is 1. The number of benzene rings is 1. The normalized spacial score (nSPS) is 16.7. The van der Waals surface area contributed by atoms with Gasteiger partial charge in [0.05, 0.1) is 4.92 Å². The van der Waals surface area contributed by atoms with Crippen LogP contribution in [0.2, 0.25) is 0 Å². The fourth-order valence-corrected chi connectivity index (χ4v) is 2.62. The molecule has 0 radical (unpaired) electrons. The van der Waals surface area contributed by atoms with Gasteiger partial charge in [0.2, 0.25) is 0 Å². The van der Waals surface area contributed by atoms with Crippen molar-refractivity contribution in [3.05, 3.63) is 46.3 Å². The van der Waals surface area contributed by atoms with Crippen molar-refractivity contribution in [3.8, 4) is 0 Å². The predicted octanol–water partition coefficient (Wildman–Crippen LogP) is 3.19. The zero-order chi connectivity index (χ0) is 15.4. The molecule has 0 bridgehead atoms. The summed E-state index contributed by atoms with van der Waals surface area (Å²) in [6.45, 7) is 8.61. The highest BCUT2D eigenvalue weighted by Crippen LogP contribution is 2.27. The second-order valence-electron chi connectivity index (χ2n) is 5.57. The van der Waals surface area contributed by atoms with Crippen LogP contribution in [0.5, 0.6) is 0 Å². The third-order valence-electron chi connectivity index (χ3n) is 3.60. The predicted molar refractivity (Wildman–Crippen MR) is 81.0 cm³/mol. The Morgan fingerprint density at radius 1 is 1.52 bits per heavy atom. The molecule has 0 atom stereocenters. The number of nitrogens with zero attached hydrogens (tertiary/aromatic N) is 2. The van der Waals surface area contributed by atoms with E-state index in [4.69, 9.17) is 0 Å². The maximum absolute atomic E-state index is 13.3. The van der Waals surface area contributed by atoms with E-state index in [0.717, 1.165) is 44.1 Å². The van der Waals surface area contributed by atoms with E-state index >= 15 is 0 Å². The van der Waals surface area contributed by atoms with Gasteiger partial charge in [-0.2, -0.15) is 0 Å². The molecule has 1 aliphatic heterocycles. The first-order chi connectivity index (χ1) is 9.95. The second-order valence-corrected chi connectivity index (χ2v) is 5.57. The molecule has 0 aliphatic carbocycles. The highest BCUT2D eigenvalue weighted by atomic mass is 19.1. The van der Waals surface area contributed by atoms with Crippen molar-refractivity contribution in [2.24, 2.45) is 0 Å². The average Bonchev–Trinajstić information content (AvgIpc) is 2.40. The Morgan fingerprint density at radius 3 is 2.76 bits per heavy atom. The molecule has 1 heterocycles. The summed E-state index contributed by atoms with van der Waals surface area (Å²) in [7, 11) is 0. The van der Waals surface area contributed by atoms with Crippen LogP contribution in [0.4, 0.5) is 15.8 Å². The van der Waals surface area contributed by atoms with E-state index in [-0.39, 0.29) is 17.4 Å². The second kappa shape index (κ2) is 6.67. The molecular weight excluding hydrogens is 273 g/mol. The lowest BCUT2D eigenvalue weighted by molar-refractivity contribution is -0.384. The fraction of sp³-hybridized carbons (Fsp3) is 0.467. The molecule has 6 heteroatoms. The van der Waals surface area contributed by atoms with E-state index in [1.807, 2.05) is 6.92 Å². The number of anilines is 1. The number of nitrogens with one attached hydrogen (secondary N) is 1. The molecule has 1 saturated heterocycles. The Bertz CT molecular complexity index is 540. The lowest BCUT2D eigenvalue weighted by atomic mass is 10.0. The first kappa shape index (κ1) is 15.4. The summed E-state index contributed by atoms with van der Waals surface area (Å²) >= 11 is 0. The molecule has 0 amide bonds. The van der Waals surface area contributed by atoms with Crippen LogP contribution in [-0.2, 0) is 0 Å².